The van der Waals surface area contributed by atoms with Gasteiger partial charge in [0.2, 0.25) is 0 Å². The molecule has 0 saturated heterocycles. The first-order valence-electron chi connectivity index (χ1n) is 6.66. The molecule has 0 saturated carbocycles. The Kier molecular flexibility index (Phi) is 6.28. The van der Waals surface area contributed by atoms with Gasteiger partial charge in [0.15, 0.2) is 0 Å². The summed E-state index contributed by atoms with van der Waals surface area (Å²) in [5.41, 5.74) is 1.27. The van der Waals surface area contributed by atoms with Crippen LogP contribution < -0.4 is 0 Å². The molecule has 1 aromatic carbocycles. The van der Waals surface area contributed by atoms with Crippen LogP contribution in [0.25, 0.3) is 0 Å². The minimum absolute atomic E-state index is 0.173. The summed E-state index contributed by atoms with van der Waals surface area (Å²) >= 11 is 0.361. The molecule has 0 aliphatic heterocycles. The summed E-state index contributed by atoms with van der Waals surface area (Å²) in [5.74, 6) is 2.24. The third-order valence-electron chi connectivity index (χ3n) is 2.98. The van der Waals surface area contributed by atoms with Gasteiger partial charge in [-0.3, -0.25) is 0 Å². The van der Waals surface area contributed by atoms with Gasteiger partial charge in [-0.1, -0.05) is 0 Å². The topological polar surface area (TPSA) is 18.5 Å². The van der Waals surface area contributed by atoms with Gasteiger partial charge in [-0.05, 0) is 0 Å². The molecule has 0 bridgehead atoms. The van der Waals surface area contributed by atoms with Crippen molar-refractivity contribution in [3.8, 4) is 0 Å². The monoisotopic (exact) mass is 346 g/mol. The first-order chi connectivity index (χ1) is 8.83. The number of benzene rings is 1. The Labute approximate surface area is 125 Å². The second-order valence-corrected chi connectivity index (χ2v) is 12.5. The van der Waals surface area contributed by atoms with E-state index in [1.165, 1.54) is 5.56 Å². The van der Waals surface area contributed by atoms with Crippen molar-refractivity contribution in [2.24, 2.45) is 0 Å². The van der Waals surface area contributed by atoms with E-state index in [9.17, 15) is 0 Å². The number of rotatable bonds is 7. The molecule has 0 radical (unpaired) electrons. The molecule has 0 aromatic heterocycles. The van der Waals surface area contributed by atoms with Crippen molar-refractivity contribution in [2.45, 2.75) is 49.4 Å². The van der Waals surface area contributed by atoms with Gasteiger partial charge in [0.1, 0.15) is 0 Å². The first kappa shape index (κ1) is 16.9. The average molecular weight is 345 g/mol. The van der Waals surface area contributed by atoms with Crippen LogP contribution in [-0.4, -0.2) is 36.5 Å². The zero-order valence-corrected chi connectivity index (χ0v) is 15.6. The standard InChI is InChI=1S/C15H26O2SeSi/c1-13(17-19(4,5)6)12-15(16-2,18-3)14-10-8-7-9-11-14/h7-11,13H,12H2,1-6H3/t13-,15-/m0/s1. The zero-order valence-electron chi connectivity index (χ0n) is 12.9. The molecule has 1 rings (SSSR count). The van der Waals surface area contributed by atoms with Gasteiger partial charge in [-0.25, -0.2) is 0 Å². The normalized spacial score (nSPS) is 16.9. The summed E-state index contributed by atoms with van der Waals surface area (Å²) in [7, 11) is 0.324. The van der Waals surface area contributed by atoms with E-state index >= 15 is 0 Å². The Morgan fingerprint density at radius 1 is 1.21 bits per heavy atom. The fraction of sp³-hybridized carbons (Fsp3) is 0.600. The summed E-state index contributed by atoms with van der Waals surface area (Å²) in [4.78, 5) is 0. The molecule has 0 unspecified atom stereocenters. The van der Waals surface area contributed by atoms with Crippen molar-refractivity contribution in [2.75, 3.05) is 7.11 Å². The van der Waals surface area contributed by atoms with E-state index in [1.54, 1.807) is 0 Å². The fourth-order valence-electron chi connectivity index (χ4n) is 2.32. The van der Waals surface area contributed by atoms with Gasteiger partial charge >= 0.3 is 125 Å². The molecular weight excluding hydrogens is 319 g/mol. The van der Waals surface area contributed by atoms with Gasteiger partial charge in [0.05, 0.1) is 0 Å². The van der Waals surface area contributed by atoms with Crippen LogP contribution in [0.3, 0.4) is 0 Å². The van der Waals surface area contributed by atoms with Gasteiger partial charge in [0.25, 0.3) is 0 Å². The van der Waals surface area contributed by atoms with Crippen LogP contribution in [0.2, 0.25) is 25.5 Å². The molecule has 0 aliphatic rings. The fourth-order valence-corrected chi connectivity index (χ4v) is 5.58. The maximum absolute atomic E-state index is 6.19. The Morgan fingerprint density at radius 3 is 2.21 bits per heavy atom. The van der Waals surface area contributed by atoms with E-state index in [0.717, 1.165) is 6.42 Å². The molecule has 19 heavy (non-hydrogen) atoms. The predicted molar refractivity (Wildman–Crippen MR) is 85.3 cm³/mol. The van der Waals surface area contributed by atoms with Crippen molar-refractivity contribution < 1.29 is 9.16 Å². The molecule has 0 amide bonds. The van der Waals surface area contributed by atoms with E-state index in [4.69, 9.17) is 9.16 Å². The Morgan fingerprint density at radius 2 is 1.79 bits per heavy atom. The number of methoxy groups -OCH3 is 1. The van der Waals surface area contributed by atoms with E-state index in [2.05, 4.69) is 62.7 Å². The summed E-state index contributed by atoms with van der Waals surface area (Å²) < 4.78 is 11.9. The molecule has 0 aliphatic carbocycles. The molecule has 4 heteroatoms. The molecule has 2 nitrogen and oxygen atoms in total. The zero-order chi connectivity index (χ0) is 14.5. The third kappa shape index (κ3) is 5.05. The quantitative estimate of drug-likeness (QED) is 0.699. The van der Waals surface area contributed by atoms with Gasteiger partial charge in [-0.15, -0.1) is 0 Å². The Balaban J connectivity index is 2.89. The van der Waals surface area contributed by atoms with Crippen LogP contribution in [0.1, 0.15) is 18.9 Å². The molecule has 0 fully saturated rings. The van der Waals surface area contributed by atoms with E-state index in [0.29, 0.717) is 15.0 Å². The van der Waals surface area contributed by atoms with Crippen molar-refractivity contribution >= 4 is 23.3 Å². The van der Waals surface area contributed by atoms with Crippen LogP contribution in [0.4, 0.5) is 0 Å². The maximum atomic E-state index is 6.19. The van der Waals surface area contributed by atoms with Crippen LogP contribution in [0, 0.1) is 0 Å². The number of ether oxygens (including phenoxy) is 1. The van der Waals surface area contributed by atoms with E-state index in [-0.39, 0.29) is 10.6 Å². The van der Waals surface area contributed by atoms with E-state index in [1.807, 2.05) is 7.11 Å². The molecule has 0 N–H and O–H groups in total. The number of hydrogen-bond acceptors (Lipinski definition) is 2. The van der Waals surface area contributed by atoms with Gasteiger partial charge < -0.3 is 0 Å². The van der Waals surface area contributed by atoms with Crippen LogP contribution in [0.5, 0.6) is 0 Å². The van der Waals surface area contributed by atoms with Crippen LogP contribution in [-0.2, 0) is 13.7 Å². The predicted octanol–water partition coefficient (Wildman–Crippen LogP) is 3.87. The summed E-state index contributed by atoms with van der Waals surface area (Å²) in [6.45, 7) is 8.87. The molecule has 0 spiro atoms. The summed E-state index contributed by atoms with van der Waals surface area (Å²) in [6, 6.07) is 10.5. The average Bonchev–Trinajstić information content (AvgIpc) is 2.35. The molecular formula is C15H26O2SeSi. The van der Waals surface area contributed by atoms with Crippen molar-refractivity contribution in [3.63, 3.8) is 0 Å². The first-order valence-corrected chi connectivity index (χ1v) is 12.6. The summed E-state index contributed by atoms with van der Waals surface area (Å²) in [6.07, 6.45) is 1.16. The van der Waals surface area contributed by atoms with Gasteiger partial charge in [-0.2, -0.15) is 0 Å². The Hall–Kier alpha value is -0.124. The SMILES string of the molecule is CO[C@@](C[C@H](C)O[Si](C)(C)C)([Se]C)c1ccccc1. The van der Waals surface area contributed by atoms with Crippen molar-refractivity contribution in [3.05, 3.63) is 35.9 Å². The summed E-state index contributed by atoms with van der Waals surface area (Å²) in [5, 5.41) is 0. The van der Waals surface area contributed by atoms with Crippen molar-refractivity contribution in [1.29, 1.82) is 0 Å². The van der Waals surface area contributed by atoms with Crippen LogP contribution in [0.15, 0.2) is 30.3 Å². The third-order valence-corrected chi connectivity index (χ3v) is 6.67. The van der Waals surface area contributed by atoms with E-state index < -0.39 is 8.32 Å². The van der Waals surface area contributed by atoms with Gasteiger partial charge in [0, 0.05) is 0 Å². The molecule has 1 aromatic rings. The van der Waals surface area contributed by atoms with Crippen molar-refractivity contribution in [1.82, 2.24) is 0 Å². The molecule has 2 atom stereocenters. The molecule has 108 valence electrons. The Bertz CT molecular complexity index is 371. The number of hydrogen-bond donors (Lipinski definition) is 0. The molecule has 0 heterocycles. The second kappa shape index (κ2) is 7.05. The van der Waals surface area contributed by atoms with Crippen LogP contribution >= 0.6 is 0 Å². The minimum atomic E-state index is -1.50. The second-order valence-electron chi connectivity index (χ2n) is 5.77.